The Hall–Kier alpha value is -1.32. The highest BCUT2D eigenvalue weighted by molar-refractivity contribution is 5.83. The molecule has 3 nitrogen and oxygen atoms in total. The van der Waals surface area contributed by atoms with Crippen LogP contribution in [0.1, 0.15) is 50.6 Å². The Morgan fingerprint density at radius 3 is 2.70 bits per heavy atom. The van der Waals surface area contributed by atoms with Gasteiger partial charge in [0.25, 0.3) is 0 Å². The van der Waals surface area contributed by atoms with Crippen LogP contribution in [0.2, 0.25) is 0 Å². The smallest absolute Gasteiger partial charge is 0.0874 e. The molecule has 0 spiro atoms. The van der Waals surface area contributed by atoms with Crippen molar-refractivity contribution in [2.24, 2.45) is 5.92 Å². The van der Waals surface area contributed by atoms with E-state index in [0.29, 0.717) is 12.5 Å². The Labute approximate surface area is 139 Å². The first-order chi connectivity index (χ1) is 11.2. The summed E-state index contributed by atoms with van der Waals surface area (Å²) in [5.41, 5.74) is 2.56. The number of hydrogen-bond acceptors (Lipinski definition) is 2. The third-order valence-corrected chi connectivity index (χ3v) is 5.39. The Bertz CT molecular complexity index is 628. The van der Waals surface area contributed by atoms with Gasteiger partial charge < -0.3 is 15.0 Å². The summed E-state index contributed by atoms with van der Waals surface area (Å²) in [7, 11) is 0. The molecule has 2 N–H and O–H groups in total. The molecular weight excluding hydrogens is 284 g/mol. The van der Waals surface area contributed by atoms with Crippen molar-refractivity contribution in [2.75, 3.05) is 13.1 Å². The van der Waals surface area contributed by atoms with Crippen molar-refractivity contribution >= 4 is 10.9 Å². The summed E-state index contributed by atoms with van der Waals surface area (Å²) in [6.45, 7) is 5.84. The average Bonchev–Trinajstić information content (AvgIpc) is 2.91. The van der Waals surface area contributed by atoms with E-state index in [9.17, 15) is 5.11 Å². The van der Waals surface area contributed by atoms with Gasteiger partial charge in [0.1, 0.15) is 0 Å². The zero-order chi connectivity index (χ0) is 16.2. The van der Waals surface area contributed by atoms with Crippen molar-refractivity contribution in [3.8, 4) is 0 Å². The number of aliphatic hydroxyl groups is 1. The Morgan fingerprint density at radius 2 is 1.96 bits per heavy atom. The summed E-state index contributed by atoms with van der Waals surface area (Å²) in [6.07, 6.45) is 8.32. The number of hydrogen-bond donors (Lipinski definition) is 2. The van der Waals surface area contributed by atoms with Crippen LogP contribution in [-0.4, -0.2) is 28.9 Å². The topological polar surface area (TPSA) is 37.2 Å². The van der Waals surface area contributed by atoms with E-state index < -0.39 is 0 Å². The number of aromatic nitrogens is 1. The molecule has 0 saturated heterocycles. The Kier molecular flexibility index (Phi) is 5.39. The first-order valence-corrected chi connectivity index (χ1v) is 9.17. The highest BCUT2D eigenvalue weighted by atomic mass is 16.3. The molecule has 1 aromatic heterocycles. The molecule has 0 bridgehead atoms. The summed E-state index contributed by atoms with van der Waals surface area (Å²) in [6, 6.07) is 8.76. The maximum Gasteiger partial charge on any atom is 0.0874 e. The van der Waals surface area contributed by atoms with Crippen LogP contribution in [0, 0.1) is 12.8 Å². The Morgan fingerprint density at radius 1 is 1.22 bits per heavy atom. The zero-order valence-electron chi connectivity index (χ0n) is 14.5. The molecule has 2 aromatic rings. The van der Waals surface area contributed by atoms with Crippen LogP contribution < -0.4 is 5.32 Å². The molecule has 0 aliphatic heterocycles. The summed E-state index contributed by atoms with van der Waals surface area (Å²) in [5, 5.41) is 15.6. The van der Waals surface area contributed by atoms with Gasteiger partial charge in [0, 0.05) is 23.6 Å². The molecule has 23 heavy (non-hydrogen) atoms. The number of nitrogens with zero attached hydrogens (tertiary/aromatic N) is 1. The van der Waals surface area contributed by atoms with Crippen LogP contribution in [0.25, 0.3) is 10.9 Å². The molecule has 3 rings (SSSR count). The van der Waals surface area contributed by atoms with Gasteiger partial charge in [-0.1, -0.05) is 44.4 Å². The van der Waals surface area contributed by atoms with E-state index in [2.05, 4.69) is 54.2 Å². The molecule has 1 heterocycles. The van der Waals surface area contributed by atoms with Gasteiger partial charge in [-0.3, -0.25) is 0 Å². The molecule has 2 atom stereocenters. The standard InChI is InChI=1S/C20H30N2O/c1-3-21-13-19(23)20(16-9-5-4-6-10-16)22-14-15(2)17-11-7-8-12-18(17)22/h7-8,11-12,14,16,19-21,23H,3-6,9-10,13H2,1-2H3/t19-,20+/m0/s1. The zero-order valence-corrected chi connectivity index (χ0v) is 14.5. The summed E-state index contributed by atoms with van der Waals surface area (Å²) >= 11 is 0. The lowest BCUT2D eigenvalue weighted by Crippen LogP contribution is -2.38. The molecular formula is C20H30N2O. The van der Waals surface area contributed by atoms with E-state index in [0.717, 1.165) is 6.54 Å². The predicted molar refractivity (Wildman–Crippen MR) is 96.8 cm³/mol. The van der Waals surface area contributed by atoms with Crippen LogP contribution in [0.3, 0.4) is 0 Å². The van der Waals surface area contributed by atoms with Gasteiger partial charge in [0.05, 0.1) is 12.1 Å². The third-order valence-electron chi connectivity index (χ3n) is 5.39. The lowest BCUT2D eigenvalue weighted by Gasteiger charge is -2.35. The van der Waals surface area contributed by atoms with Crippen LogP contribution in [0.4, 0.5) is 0 Å². The van der Waals surface area contributed by atoms with Gasteiger partial charge in [-0.15, -0.1) is 0 Å². The highest BCUT2D eigenvalue weighted by Crippen LogP contribution is 2.37. The normalized spacial score (nSPS) is 19.1. The number of aliphatic hydroxyl groups excluding tert-OH is 1. The largest absolute Gasteiger partial charge is 0.390 e. The maximum absolute atomic E-state index is 10.9. The number of benzene rings is 1. The van der Waals surface area contributed by atoms with Crippen molar-refractivity contribution < 1.29 is 5.11 Å². The molecule has 0 radical (unpaired) electrons. The fourth-order valence-electron chi connectivity index (χ4n) is 4.24. The predicted octanol–water partition coefficient (Wildman–Crippen LogP) is 4.04. The van der Waals surface area contributed by atoms with E-state index in [1.807, 2.05) is 0 Å². The minimum Gasteiger partial charge on any atom is -0.390 e. The van der Waals surface area contributed by atoms with Gasteiger partial charge in [-0.05, 0) is 43.9 Å². The van der Waals surface area contributed by atoms with Crippen molar-refractivity contribution in [1.29, 1.82) is 0 Å². The SMILES string of the molecule is CCNC[C@H](O)[C@@H](C1CCCCC1)n1cc(C)c2ccccc21. The lowest BCUT2D eigenvalue weighted by molar-refractivity contribution is 0.0673. The molecule has 3 heteroatoms. The van der Waals surface area contributed by atoms with Crippen LogP contribution >= 0.6 is 0 Å². The van der Waals surface area contributed by atoms with Gasteiger partial charge in [-0.25, -0.2) is 0 Å². The van der Waals surface area contributed by atoms with Gasteiger partial charge in [0.15, 0.2) is 0 Å². The third kappa shape index (κ3) is 3.46. The van der Waals surface area contributed by atoms with E-state index >= 15 is 0 Å². The molecule has 1 fully saturated rings. The Balaban J connectivity index is 1.98. The molecule has 0 amide bonds. The van der Waals surface area contributed by atoms with E-state index in [-0.39, 0.29) is 12.1 Å². The molecule has 1 aliphatic carbocycles. The molecule has 1 aromatic carbocycles. The lowest BCUT2D eigenvalue weighted by atomic mass is 9.81. The molecule has 0 unspecified atom stereocenters. The summed E-state index contributed by atoms with van der Waals surface area (Å²) in [5.74, 6) is 0.576. The maximum atomic E-state index is 10.9. The second-order valence-electron chi connectivity index (χ2n) is 7.00. The number of rotatable bonds is 6. The molecule has 1 aliphatic rings. The van der Waals surface area contributed by atoms with Crippen LogP contribution in [0.15, 0.2) is 30.5 Å². The van der Waals surface area contributed by atoms with E-state index in [1.54, 1.807) is 0 Å². The average molecular weight is 314 g/mol. The fourth-order valence-corrected chi connectivity index (χ4v) is 4.24. The number of fused-ring (bicyclic) bond motifs is 1. The quantitative estimate of drug-likeness (QED) is 0.844. The first-order valence-electron chi connectivity index (χ1n) is 9.17. The second-order valence-corrected chi connectivity index (χ2v) is 7.00. The summed E-state index contributed by atoms with van der Waals surface area (Å²) in [4.78, 5) is 0. The molecule has 126 valence electrons. The minimum absolute atomic E-state index is 0.174. The van der Waals surface area contributed by atoms with E-state index in [1.165, 1.54) is 48.6 Å². The number of likely N-dealkylation sites (N-methyl/N-ethyl adjacent to an activating group) is 1. The molecule has 1 saturated carbocycles. The number of nitrogens with one attached hydrogen (secondary N) is 1. The fraction of sp³-hybridized carbons (Fsp3) is 0.600. The van der Waals surface area contributed by atoms with Gasteiger partial charge >= 0.3 is 0 Å². The summed E-state index contributed by atoms with van der Waals surface area (Å²) < 4.78 is 2.36. The van der Waals surface area contributed by atoms with Gasteiger partial charge in [0.2, 0.25) is 0 Å². The van der Waals surface area contributed by atoms with Gasteiger partial charge in [-0.2, -0.15) is 0 Å². The van der Waals surface area contributed by atoms with Crippen LogP contribution in [-0.2, 0) is 0 Å². The second kappa shape index (κ2) is 7.50. The first kappa shape index (κ1) is 16.5. The van der Waals surface area contributed by atoms with E-state index in [4.69, 9.17) is 0 Å². The minimum atomic E-state index is -0.340. The number of aryl methyl sites for hydroxylation is 1. The highest BCUT2D eigenvalue weighted by Gasteiger charge is 2.31. The number of para-hydroxylation sites is 1. The van der Waals surface area contributed by atoms with Crippen molar-refractivity contribution in [2.45, 2.75) is 58.1 Å². The van der Waals surface area contributed by atoms with Crippen molar-refractivity contribution in [3.05, 3.63) is 36.0 Å². The van der Waals surface area contributed by atoms with Crippen molar-refractivity contribution in [1.82, 2.24) is 9.88 Å². The monoisotopic (exact) mass is 314 g/mol. The van der Waals surface area contributed by atoms with Crippen molar-refractivity contribution in [3.63, 3.8) is 0 Å². The van der Waals surface area contributed by atoms with Crippen LogP contribution in [0.5, 0.6) is 0 Å².